The maximum atomic E-state index is 13.4. The Kier molecular flexibility index (Phi) is 5.98. The molecule has 29 heavy (non-hydrogen) atoms. The van der Waals surface area contributed by atoms with Crippen LogP contribution in [0.5, 0.6) is 5.75 Å². The second-order valence-corrected chi connectivity index (χ2v) is 6.75. The summed E-state index contributed by atoms with van der Waals surface area (Å²) in [6.07, 6.45) is -3.70. The molecule has 0 spiro atoms. The molecule has 0 bridgehead atoms. The summed E-state index contributed by atoms with van der Waals surface area (Å²) >= 11 is 0. The molecule has 3 rings (SSSR count). The van der Waals surface area contributed by atoms with E-state index >= 15 is 0 Å². The fourth-order valence-electron chi connectivity index (χ4n) is 3.53. The number of hydrogen-bond donors (Lipinski definition) is 2. The van der Waals surface area contributed by atoms with Crippen LogP contribution in [0.3, 0.4) is 0 Å². The van der Waals surface area contributed by atoms with Crippen molar-refractivity contribution in [1.82, 2.24) is 5.32 Å². The van der Waals surface area contributed by atoms with Crippen molar-refractivity contribution >= 4 is 11.5 Å². The highest BCUT2D eigenvalue weighted by Crippen LogP contribution is 2.38. The topological polar surface area (TPSA) is 53.9 Å². The van der Waals surface area contributed by atoms with Crippen LogP contribution < -0.4 is 10.1 Å². The third-order valence-corrected chi connectivity index (χ3v) is 4.92. The summed E-state index contributed by atoms with van der Waals surface area (Å²) in [5.41, 5.74) is 2.38. The zero-order chi connectivity index (χ0) is 21.2. The van der Waals surface area contributed by atoms with E-state index in [2.05, 4.69) is 16.9 Å². The van der Waals surface area contributed by atoms with E-state index in [1.807, 2.05) is 18.2 Å². The normalized spacial score (nSPS) is 16.5. The Morgan fingerprint density at radius 1 is 1.31 bits per heavy atom. The number of fused-ring (bicyclic) bond motifs is 1. The molecule has 1 aliphatic carbocycles. The predicted molar refractivity (Wildman–Crippen MR) is 107 cm³/mol. The van der Waals surface area contributed by atoms with E-state index in [-0.39, 0.29) is 23.6 Å². The first-order valence-electron chi connectivity index (χ1n) is 9.33. The number of hydrogen-bond acceptors (Lipinski definition) is 3. The smallest absolute Gasteiger partial charge is 0.419 e. The van der Waals surface area contributed by atoms with Crippen LogP contribution in [0.25, 0.3) is 5.70 Å². The van der Waals surface area contributed by atoms with E-state index in [4.69, 9.17) is 4.74 Å². The number of alkyl halides is 3. The number of ether oxygens (including phenoxy) is 1. The summed E-state index contributed by atoms with van der Waals surface area (Å²) in [6.45, 7) is 5.67. The molecule has 0 aliphatic heterocycles. The summed E-state index contributed by atoms with van der Waals surface area (Å²) in [6, 6.07) is 9.43. The zero-order valence-corrected chi connectivity index (χ0v) is 16.3. The summed E-state index contributed by atoms with van der Waals surface area (Å²) in [4.78, 5) is 4.26. The monoisotopic (exact) mass is 404 g/mol. The molecule has 2 aromatic carbocycles. The average molecular weight is 404 g/mol. The highest BCUT2D eigenvalue weighted by atomic mass is 19.4. The number of rotatable bonds is 5. The van der Waals surface area contributed by atoms with Gasteiger partial charge in [0.15, 0.2) is 0 Å². The number of aliphatic hydroxyl groups is 1. The Morgan fingerprint density at radius 3 is 2.72 bits per heavy atom. The number of amidine groups is 1. The highest BCUT2D eigenvalue weighted by Gasteiger charge is 2.35. The van der Waals surface area contributed by atoms with Crippen LogP contribution in [0.1, 0.15) is 47.3 Å². The number of nitrogens with one attached hydrogen (secondary N) is 1. The molecule has 1 aliphatic rings. The second kappa shape index (κ2) is 8.29. The standard InChI is InChI=1S/C22H23F3N2O2/c1-4-29-20-11-8-14(12-18(20)22(23,24)25)13(2)27-21(26-3)17-7-5-6-16-15(17)9-10-19(16)28/h5-8,11-12,19,28H,2,4,9-10H2,1,3H3,(H,26,27). The maximum absolute atomic E-state index is 13.4. The summed E-state index contributed by atoms with van der Waals surface area (Å²) < 4.78 is 45.4. The molecule has 0 aromatic heterocycles. The first-order valence-corrected chi connectivity index (χ1v) is 9.33. The molecule has 2 aromatic rings. The Hall–Kier alpha value is -2.80. The Balaban J connectivity index is 1.90. The van der Waals surface area contributed by atoms with Gasteiger partial charge in [0.25, 0.3) is 0 Å². The molecule has 0 saturated heterocycles. The van der Waals surface area contributed by atoms with Crippen molar-refractivity contribution in [3.63, 3.8) is 0 Å². The molecule has 0 heterocycles. The summed E-state index contributed by atoms with van der Waals surface area (Å²) in [7, 11) is 1.60. The van der Waals surface area contributed by atoms with Crippen LogP contribution in [-0.4, -0.2) is 24.6 Å². The van der Waals surface area contributed by atoms with Crippen LogP contribution in [0.2, 0.25) is 0 Å². The Morgan fingerprint density at radius 2 is 2.07 bits per heavy atom. The van der Waals surface area contributed by atoms with Gasteiger partial charge >= 0.3 is 6.18 Å². The van der Waals surface area contributed by atoms with Crippen molar-refractivity contribution in [2.75, 3.05) is 13.7 Å². The van der Waals surface area contributed by atoms with Crippen LogP contribution in [0.15, 0.2) is 48.0 Å². The zero-order valence-electron chi connectivity index (χ0n) is 16.3. The quantitative estimate of drug-likeness (QED) is 0.560. The molecule has 1 unspecified atom stereocenters. The molecule has 2 N–H and O–H groups in total. The van der Waals surface area contributed by atoms with E-state index < -0.39 is 17.8 Å². The van der Waals surface area contributed by atoms with Crippen molar-refractivity contribution in [2.45, 2.75) is 32.0 Å². The molecule has 0 amide bonds. The molecule has 7 heteroatoms. The van der Waals surface area contributed by atoms with Gasteiger partial charge in [0.2, 0.25) is 0 Å². The molecule has 0 fully saturated rings. The number of halogens is 3. The lowest BCUT2D eigenvalue weighted by Crippen LogP contribution is -2.24. The van der Waals surface area contributed by atoms with Crippen LogP contribution in [0.4, 0.5) is 13.2 Å². The van der Waals surface area contributed by atoms with Gasteiger partial charge in [-0.15, -0.1) is 0 Å². The minimum Gasteiger partial charge on any atom is -0.493 e. The maximum Gasteiger partial charge on any atom is 0.419 e. The fourth-order valence-corrected chi connectivity index (χ4v) is 3.53. The summed E-state index contributed by atoms with van der Waals surface area (Å²) in [5, 5.41) is 13.1. The second-order valence-electron chi connectivity index (χ2n) is 6.75. The average Bonchev–Trinajstić information content (AvgIpc) is 3.07. The predicted octanol–water partition coefficient (Wildman–Crippen LogP) is 4.72. The van der Waals surface area contributed by atoms with Gasteiger partial charge < -0.3 is 15.2 Å². The SMILES string of the molecule is C=C(NC(=NC)c1cccc2c1CCC2O)c1ccc(OCC)c(C(F)(F)F)c1. The van der Waals surface area contributed by atoms with Gasteiger partial charge in [-0.05, 0) is 54.7 Å². The number of aliphatic imine (C=N–C) groups is 1. The Labute approximate surface area is 167 Å². The van der Waals surface area contributed by atoms with E-state index in [9.17, 15) is 18.3 Å². The third-order valence-electron chi connectivity index (χ3n) is 4.92. The van der Waals surface area contributed by atoms with E-state index in [0.29, 0.717) is 18.7 Å². The van der Waals surface area contributed by atoms with Crippen LogP contribution >= 0.6 is 0 Å². The van der Waals surface area contributed by atoms with Gasteiger partial charge in [-0.25, -0.2) is 0 Å². The minimum atomic E-state index is -4.54. The van der Waals surface area contributed by atoms with E-state index in [1.165, 1.54) is 12.1 Å². The molecular weight excluding hydrogens is 381 g/mol. The number of nitrogens with zero attached hydrogens (tertiary/aromatic N) is 1. The van der Waals surface area contributed by atoms with E-state index in [0.717, 1.165) is 22.8 Å². The largest absolute Gasteiger partial charge is 0.493 e. The number of aliphatic hydroxyl groups excluding tert-OH is 1. The van der Waals surface area contributed by atoms with Crippen LogP contribution in [0, 0.1) is 0 Å². The van der Waals surface area contributed by atoms with Gasteiger partial charge in [-0.2, -0.15) is 13.2 Å². The molecule has 0 radical (unpaired) electrons. The molecule has 4 nitrogen and oxygen atoms in total. The van der Waals surface area contributed by atoms with Crippen molar-refractivity contribution < 1.29 is 23.0 Å². The van der Waals surface area contributed by atoms with Gasteiger partial charge in [0.1, 0.15) is 11.6 Å². The number of benzene rings is 2. The molecular formula is C22H23F3N2O2. The van der Waals surface area contributed by atoms with E-state index in [1.54, 1.807) is 14.0 Å². The Bertz CT molecular complexity index is 952. The van der Waals surface area contributed by atoms with Crippen molar-refractivity contribution in [3.05, 3.63) is 70.8 Å². The lowest BCUT2D eigenvalue weighted by Gasteiger charge is -2.18. The lowest BCUT2D eigenvalue weighted by molar-refractivity contribution is -0.138. The third kappa shape index (κ3) is 4.29. The van der Waals surface area contributed by atoms with Crippen molar-refractivity contribution in [1.29, 1.82) is 0 Å². The van der Waals surface area contributed by atoms with Crippen molar-refractivity contribution in [3.8, 4) is 5.75 Å². The van der Waals surface area contributed by atoms with Gasteiger partial charge in [0.05, 0.1) is 18.3 Å². The summed E-state index contributed by atoms with van der Waals surface area (Å²) in [5.74, 6) is 0.277. The van der Waals surface area contributed by atoms with Gasteiger partial charge in [-0.1, -0.05) is 24.8 Å². The van der Waals surface area contributed by atoms with Crippen LogP contribution in [-0.2, 0) is 12.6 Å². The lowest BCUT2D eigenvalue weighted by atomic mass is 10.0. The fraction of sp³-hybridized carbons (Fsp3) is 0.318. The molecule has 154 valence electrons. The first-order chi connectivity index (χ1) is 13.8. The highest BCUT2D eigenvalue weighted by molar-refractivity contribution is 6.04. The van der Waals surface area contributed by atoms with Gasteiger partial charge in [0, 0.05) is 18.3 Å². The minimum absolute atomic E-state index is 0.138. The first kappa shape index (κ1) is 20.9. The van der Waals surface area contributed by atoms with Crippen molar-refractivity contribution in [2.24, 2.45) is 4.99 Å². The van der Waals surface area contributed by atoms with Gasteiger partial charge in [-0.3, -0.25) is 4.99 Å². The molecule has 1 atom stereocenters. The molecule has 0 saturated carbocycles.